The van der Waals surface area contributed by atoms with Crippen LogP contribution in [0, 0.1) is 7.40 Å². The second-order valence-electron chi connectivity index (χ2n) is 1.24. The van der Waals surface area contributed by atoms with E-state index in [0.29, 0.717) is 0 Å². The van der Waals surface area contributed by atoms with Crippen molar-refractivity contribution in [1.29, 1.82) is 0 Å². The first-order chi connectivity index (χ1) is 2.45. The molecule has 0 aliphatic heterocycles. The van der Waals surface area contributed by atoms with Crippen molar-refractivity contribution in [3.63, 3.8) is 0 Å². The van der Waals surface area contributed by atoms with Gasteiger partial charge in [-0.15, -0.1) is 0 Å². The maximum atomic E-state index is 3.38. The molecule has 0 radical (unpaired) electrons. The Labute approximate surface area is 65.5 Å². The minimum atomic E-state index is -3.57. The van der Waals surface area contributed by atoms with Gasteiger partial charge in [-0.05, 0) is 0 Å². The molecule has 0 heterocycles. The van der Waals surface area contributed by atoms with Gasteiger partial charge in [0.25, 0.3) is 0 Å². The van der Waals surface area contributed by atoms with E-state index in [1.807, 2.05) is 0 Å². The fraction of sp³-hybridized carbons (Fsp3) is 0. The van der Waals surface area contributed by atoms with Crippen LogP contribution < -0.4 is 0 Å². The molecule has 45 valence electrons. The van der Waals surface area contributed by atoms with Gasteiger partial charge in [-0.25, -0.2) is 0 Å². The summed E-state index contributed by atoms with van der Waals surface area (Å²) in [6, 6.07) is 0. The van der Waals surface area contributed by atoms with E-state index in [0.717, 1.165) is 0 Å². The molecule has 0 atom stereocenters. The second-order valence-corrected chi connectivity index (χ2v) is 243. The molecule has 0 aromatic rings. The molecule has 7 heavy (non-hydrogen) atoms. The molecule has 0 rings (SSSR count). The van der Waals surface area contributed by atoms with Crippen LogP contribution >= 0.6 is 61.1 Å². The van der Waals surface area contributed by atoms with Crippen LogP contribution in [-0.4, -0.2) is 0 Å². The van der Waals surface area contributed by atoms with Crippen LogP contribution in [0.25, 0.3) is 0 Å². The molecule has 0 N–H and O–H groups in total. The number of rotatable bonds is 0. The zero-order valence-electron chi connectivity index (χ0n) is 2.85. The average molecular weight is 618 g/mol. The molecule has 0 saturated heterocycles. The standard InChI is InChI=1S/6BrH.La/h6*1H;/q;;;;;;+6/p-6. The molecule has 0 aromatic carbocycles. The second kappa shape index (κ2) is 2.28. The van der Waals surface area contributed by atoms with Gasteiger partial charge >= 0.3 is 68.5 Å². The average Bonchev–Trinajstić information content (AvgIpc) is 0.592. The van der Waals surface area contributed by atoms with Gasteiger partial charge in [-0.2, -0.15) is 0 Å². The molecule has 0 nitrogen and oxygen atoms in total. The van der Waals surface area contributed by atoms with Gasteiger partial charge in [0.05, 0.1) is 0 Å². The van der Waals surface area contributed by atoms with Gasteiger partial charge in [-0.3, -0.25) is 0 Å². The predicted octanol–water partition coefficient (Wildman–Crippen LogP) is 5.07. The molecule has 0 aliphatic rings. The summed E-state index contributed by atoms with van der Waals surface area (Å²) in [5, 5.41) is 0. The summed E-state index contributed by atoms with van der Waals surface area (Å²) in [6.07, 6.45) is 0. The summed E-state index contributed by atoms with van der Waals surface area (Å²) in [4.78, 5) is 0. The maximum absolute atomic E-state index is 3.57. The Hall–Kier alpha value is 4.07. The molecular weight excluding hydrogens is 618 g/mol. The Morgan fingerprint density at radius 1 is 0.571 bits per heavy atom. The van der Waals surface area contributed by atoms with Crippen molar-refractivity contribution in [2.45, 2.75) is 0 Å². The molecule has 7 heteroatoms. The quantitative estimate of drug-likeness (QED) is 0.356. The molecular formula is Br6La. The van der Waals surface area contributed by atoms with E-state index < -0.39 is 7.40 Å². The molecule has 0 bridgehead atoms. The minimum absolute atomic E-state index is 3.38. The Kier molecular flexibility index (Phi) is 3.61. The van der Waals surface area contributed by atoms with Crippen LogP contribution in [0.15, 0.2) is 0 Å². The van der Waals surface area contributed by atoms with Gasteiger partial charge in [0.1, 0.15) is 0 Å². The predicted molar refractivity (Wildman–Crippen MR) is 53.6 cm³/mol. The van der Waals surface area contributed by atoms with Crippen LogP contribution in [-0.2, 0) is 0 Å². The van der Waals surface area contributed by atoms with E-state index in [2.05, 4.69) is 61.1 Å². The third-order valence-electron chi connectivity index (χ3n) is 0. The topological polar surface area (TPSA) is 0 Å². The SMILES string of the molecule is [Br][La]([Br])([Br])([Br])([Br])[Br]. The first-order valence-electron chi connectivity index (χ1n) is 1.31. The summed E-state index contributed by atoms with van der Waals surface area (Å²) in [5.74, 6) is 0. The van der Waals surface area contributed by atoms with E-state index >= 15 is 0 Å². The molecule has 0 fully saturated rings. The van der Waals surface area contributed by atoms with E-state index in [1.54, 1.807) is 0 Å². The van der Waals surface area contributed by atoms with Crippen LogP contribution in [0.5, 0.6) is 0 Å². The number of hydrogen-bond acceptors (Lipinski definition) is 0. The van der Waals surface area contributed by atoms with Crippen molar-refractivity contribution in [1.82, 2.24) is 0 Å². The molecule has 0 unspecified atom stereocenters. The van der Waals surface area contributed by atoms with Crippen LogP contribution in [0.3, 0.4) is 0 Å². The van der Waals surface area contributed by atoms with Crippen LogP contribution in [0.4, 0.5) is 0 Å². The summed E-state index contributed by atoms with van der Waals surface area (Å²) < 4.78 is 0. The fourth-order valence-electron chi connectivity index (χ4n) is 0. The van der Waals surface area contributed by atoms with Gasteiger partial charge in [-0.1, -0.05) is 0 Å². The zero-order chi connectivity index (χ0) is 6.41. The van der Waals surface area contributed by atoms with Crippen LogP contribution in [0.2, 0.25) is 0 Å². The van der Waals surface area contributed by atoms with Crippen LogP contribution in [0.1, 0.15) is 0 Å². The first kappa shape index (κ1) is 11.1. The Morgan fingerprint density at radius 2 is 0.571 bits per heavy atom. The van der Waals surface area contributed by atoms with Crippen molar-refractivity contribution in [2.75, 3.05) is 0 Å². The monoisotopic (exact) mass is 612 g/mol. The molecule has 0 amide bonds. The third-order valence-corrected chi connectivity index (χ3v) is 0. The Bertz CT molecular complexity index is 62.7. The summed E-state index contributed by atoms with van der Waals surface area (Å²) in [5.41, 5.74) is 0. The van der Waals surface area contributed by atoms with Crippen molar-refractivity contribution < 1.29 is 7.40 Å². The van der Waals surface area contributed by atoms with Gasteiger partial charge in [0.2, 0.25) is 0 Å². The molecule has 0 aromatic heterocycles. The Balaban J connectivity index is 4.43. The number of hydrogen-bond donors (Lipinski definition) is 0. The zero-order valence-corrected chi connectivity index (χ0v) is 16.0. The third kappa shape index (κ3) is 39.6. The van der Waals surface area contributed by atoms with E-state index in [9.17, 15) is 0 Å². The van der Waals surface area contributed by atoms with E-state index in [1.165, 1.54) is 0 Å². The number of halogens is 6. The van der Waals surface area contributed by atoms with Crippen molar-refractivity contribution >= 4 is 61.1 Å². The van der Waals surface area contributed by atoms with Crippen molar-refractivity contribution in [2.24, 2.45) is 0 Å². The van der Waals surface area contributed by atoms with Gasteiger partial charge in [0, 0.05) is 0 Å². The summed E-state index contributed by atoms with van der Waals surface area (Å²) >= 11 is 0. The Morgan fingerprint density at radius 3 is 0.571 bits per heavy atom. The van der Waals surface area contributed by atoms with Crippen molar-refractivity contribution in [3.8, 4) is 0 Å². The summed E-state index contributed by atoms with van der Waals surface area (Å²) in [7, 11) is 16.7. The van der Waals surface area contributed by atoms with E-state index in [4.69, 9.17) is 0 Å². The molecule has 0 aliphatic carbocycles. The fourth-order valence-corrected chi connectivity index (χ4v) is 0. The van der Waals surface area contributed by atoms with Gasteiger partial charge in [0.15, 0.2) is 0 Å². The van der Waals surface area contributed by atoms with E-state index in [-0.39, 0.29) is 0 Å². The normalized spacial score (nSPS) is 23.1. The first-order valence-corrected chi connectivity index (χ1v) is 49.5. The molecule has 0 spiro atoms. The summed E-state index contributed by atoms with van der Waals surface area (Å²) in [6.45, 7) is 0. The molecule has 0 saturated carbocycles. The van der Waals surface area contributed by atoms with Gasteiger partial charge < -0.3 is 0 Å². The van der Waals surface area contributed by atoms with Crippen molar-refractivity contribution in [3.05, 3.63) is 0 Å².